The third-order valence-electron chi connectivity index (χ3n) is 4.84. The van der Waals surface area contributed by atoms with Crippen LogP contribution in [0.1, 0.15) is 47.0 Å². The molecule has 0 fully saturated rings. The number of amides is 3. The first-order chi connectivity index (χ1) is 15.7. The van der Waals surface area contributed by atoms with Crippen LogP contribution in [0.4, 0.5) is 0 Å². The average molecular weight is 488 g/mol. The van der Waals surface area contributed by atoms with Crippen molar-refractivity contribution in [1.29, 1.82) is 0 Å². The number of guanidine groups is 1. The third-order valence-corrected chi connectivity index (χ3v) is 4.84. The summed E-state index contributed by atoms with van der Waals surface area (Å²) in [6, 6.07) is -4.95. The number of carbonyl (C=O) groups is 5. The summed E-state index contributed by atoms with van der Waals surface area (Å²) in [5.41, 5.74) is 16.4. The zero-order valence-corrected chi connectivity index (χ0v) is 19.9. The van der Waals surface area contributed by atoms with E-state index >= 15 is 0 Å². The SMILES string of the molecule is CC(C)C(N)C(=O)NC(CCCN=C(N)N)C(=O)NC(CC(=O)O)C(=O)NC(C(=O)O)C(C)C. The van der Waals surface area contributed by atoms with Gasteiger partial charge in [0.2, 0.25) is 17.7 Å². The molecule has 0 aromatic carbocycles. The third kappa shape index (κ3) is 11.4. The molecule has 0 aromatic rings. The number of nitrogens with two attached hydrogens (primary N) is 3. The van der Waals surface area contributed by atoms with Crippen LogP contribution in [0.5, 0.6) is 0 Å². The Labute approximate surface area is 198 Å². The molecular weight excluding hydrogens is 450 g/mol. The van der Waals surface area contributed by atoms with Crippen molar-refractivity contribution in [3.8, 4) is 0 Å². The highest BCUT2D eigenvalue weighted by atomic mass is 16.4. The molecule has 0 rings (SSSR count). The molecular formula is C20H37N7O7. The molecule has 0 heterocycles. The van der Waals surface area contributed by atoms with Gasteiger partial charge in [0.25, 0.3) is 0 Å². The molecule has 0 spiro atoms. The monoisotopic (exact) mass is 487 g/mol. The van der Waals surface area contributed by atoms with E-state index in [0.29, 0.717) is 0 Å². The maximum absolute atomic E-state index is 12.9. The first-order valence-corrected chi connectivity index (χ1v) is 10.8. The van der Waals surface area contributed by atoms with Gasteiger partial charge in [0.05, 0.1) is 12.5 Å². The molecule has 0 aliphatic heterocycles. The number of carbonyl (C=O) groups excluding carboxylic acids is 3. The van der Waals surface area contributed by atoms with Crippen molar-refractivity contribution in [3.05, 3.63) is 0 Å². The number of hydrogen-bond donors (Lipinski definition) is 8. The Morgan fingerprint density at radius 3 is 1.79 bits per heavy atom. The highest BCUT2D eigenvalue weighted by molar-refractivity contribution is 5.95. The number of rotatable bonds is 15. The maximum atomic E-state index is 12.9. The molecule has 194 valence electrons. The van der Waals surface area contributed by atoms with Gasteiger partial charge < -0.3 is 43.4 Å². The molecule has 0 aliphatic carbocycles. The van der Waals surface area contributed by atoms with Crippen molar-refractivity contribution < 1.29 is 34.2 Å². The second kappa shape index (κ2) is 14.7. The second-order valence-corrected chi connectivity index (χ2v) is 8.51. The second-order valence-electron chi connectivity index (χ2n) is 8.51. The molecule has 0 saturated heterocycles. The molecule has 0 radical (unpaired) electrons. The number of aliphatic imine (C=N–C) groups is 1. The summed E-state index contributed by atoms with van der Waals surface area (Å²) >= 11 is 0. The predicted molar refractivity (Wildman–Crippen MR) is 123 cm³/mol. The lowest BCUT2D eigenvalue weighted by atomic mass is 10.0. The first-order valence-electron chi connectivity index (χ1n) is 10.8. The van der Waals surface area contributed by atoms with E-state index < -0.39 is 66.2 Å². The Hall–Kier alpha value is -3.42. The van der Waals surface area contributed by atoms with E-state index in [2.05, 4.69) is 20.9 Å². The van der Waals surface area contributed by atoms with Gasteiger partial charge in [-0.3, -0.25) is 24.2 Å². The lowest BCUT2D eigenvalue weighted by Gasteiger charge is -2.25. The van der Waals surface area contributed by atoms with Gasteiger partial charge in [-0.2, -0.15) is 0 Å². The summed E-state index contributed by atoms with van der Waals surface area (Å²) in [7, 11) is 0. The largest absolute Gasteiger partial charge is 0.481 e. The van der Waals surface area contributed by atoms with Crippen LogP contribution in [0.15, 0.2) is 4.99 Å². The molecule has 0 bridgehead atoms. The number of aliphatic carboxylic acids is 2. The van der Waals surface area contributed by atoms with Crippen molar-refractivity contribution in [3.63, 3.8) is 0 Å². The molecule has 0 aliphatic rings. The lowest BCUT2D eigenvalue weighted by Crippen LogP contribution is -2.58. The summed E-state index contributed by atoms with van der Waals surface area (Å²) in [4.78, 5) is 64.4. The summed E-state index contributed by atoms with van der Waals surface area (Å²) in [6.07, 6.45) is -0.468. The first kappa shape index (κ1) is 30.6. The van der Waals surface area contributed by atoms with E-state index in [1.807, 2.05) is 0 Å². The fourth-order valence-electron chi connectivity index (χ4n) is 2.77. The lowest BCUT2D eigenvalue weighted by molar-refractivity contribution is -0.144. The Morgan fingerprint density at radius 2 is 1.35 bits per heavy atom. The summed E-state index contributed by atoms with van der Waals surface area (Å²) in [6.45, 7) is 6.72. The van der Waals surface area contributed by atoms with Gasteiger partial charge in [-0.15, -0.1) is 0 Å². The number of carboxylic acid groups (broad SMARTS) is 2. The van der Waals surface area contributed by atoms with Crippen molar-refractivity contribution in [2.45, 2.75) is 71.1 Å². The molecule has 11 N–H and O–H groups in total. The Morgan fingerprint density at radius 1 is 0.824 bits per heavy atom. The smallest absolute Gasteiger partial charge is 0.326 e. The van der Waals surface area contributed by atoms with E-state index in [9.17, 15) is 29.1 Å². The van der Waals surface area contributed by atoms with E-state index in [1.54, 1.807) is 27.7 Å². The maximum Gasteiger partial charge on any atom is 0.326 e. The number of hydrogen-bond acceptors (Lipinski definition) is 7. The minimum atomic E-state index is -1.58. The molecule has 14 heteroatoms. The molecule has 3 amide bonds. The Bertz CT molecular complexity index is 766. The summed E-state index contributed by atoms with van der Waals surface area (Å²) in [5, 5.41) is 25.5. The van der Waals surface area contributed by atoms with Gasteiger partial charge in [-0.25, -0.2) is 4.79 Å². The average Bonchev–Trinajstić information content (AvgIpc) is 2.71. The van der Waals surface area contributed by atoms with Crippen molar-refractivity contribution in [2.75, 3.05) is 6.54 Å². The van der Waals surface area contributed by atoms with Crippen LogP contribution in [-0.2, 0) is 24.0 Å². The normalized spacial score (nSPS) is 14.4. The van der Waals surface area contributed by atoms with Crippen LogP contribution in [0.3, 0.4) is 0 Å². The van der Waals surface area contributed by atoms with Gasteiger partial charge >= 0.3 is 11.9 Å². The highest BCUT2D eigenvalue weighted by Gasteiger charge is 2.32. The Kier molecular flexibility index (Phi) is 13.2. The molecule has 0 saturated carbocycles. The molecule has 0 aromatic heterocycles. The van der Waals surface area contributed by atoms with Crippen LogP contribution in [0.2, 0.25) is 0 Å². The van der Waals surface area contributed by atoms with Crippen LogP contribution in [-0.4, -0.2) is 76.5 Å². The van der Waals surface area contributed by atoms with Gasteiger partial charge in [0.15, 0.2) is 5.96 Å². The van der Waals surface area contributed by atoms with Crippen molar-refractivity contribution in [1.82, 2.24) is 16.0 Å². The molecule has 34 heavy (non-hydrogen) atoms. The van der Waals surface area contributed by atoms with Gasteiger partial charge in [-0.1, -0.05) is 27.7 Å². The molecule has 4 atom stereocenters. The Balaban J connectivity index is 5.62. The number of nitrogens with zero attached hydrogens (tertiary/aromatic N) is 1. The van der Waals surface area contributed by atoms with Crippen LogP contribution < -0.4 is 33.2 Å². The van der Waals surface area contributed by atoms with Crippen molar-refractivity contribution >= 4 is 35.6 Å². The van der Waals surface area contributed by atoms with E-state index in [1.165, 1.54) is 0 Å². The van der Waals surface area contributed by atoms with Gasteiger partial charge in [-0.05, 0) is 24.7 Å². The van der Waals surface area contributed by atoms with E-state index in [-0.39, 0.29) is 31.3 Å². The fourth-order valence-corrected chi connectivity index (χ4v) is 2.77. The van der Waals surface area contributed by atoms with E-state index in [4.69, 9.17) is 22.3 Å². The topological polar surface area (TPSA) is 252 Å². The molecule has 4 unspecified atom stereocenters. The van der Waals surface area contributed by atoms with Crippen molar-refractivity contribution in [2.24, 2.45) is 34.0 Å². The zero-order chi connectivity index (χ0) is 26.6. The minimum Gasteiger partial charge on any atom is -0.481 e. The molecule has 14 nitrogen and oxygen atoms in total. The quantitative estimate of drug-likeness (QED) is 0.0695. The zero-order valence-electron chi connectivity index (χ0n) is 19.9. The minimum absolute atomic E-state index is 0.0598. The standard InChI is InChI=1S/C20H37N7O7/c1-9(2)14(21)18(32)25-11(6-5-7-24-20(22)23)16(30)26-12(8-13(28)29)17(31)27-15(10(3)4)19(33)34/h9-12,14-15H,5-8,21H2,1-4H3,(H,25,32)(H,26,30)(H,27,31)(H,28,29)(H,33,34)(H4,22,23,24). The summed E-state index contributed by atoms with van der Waals surface area (Å²) < 4.78 is 0. The van der Waals surface area contributed by atoms with Gasteiger partial charge in [0, 0.05) is 6.54 Å². The van der Waals surface area contributed by atoms with Crippen LogP contribution in [0.25, 0.3) is 0 Å². The number of carboxylic acids is 2. The van der Waals surface area contributed by atoms with E-state index in [0.717, 1.165) is 0 Å². The summed E-state index contributed by atoms with van der Waals surface area (Å²) in [5.74, 6) is -6.01. The van der Waals surface area contributed by atoms with Crippen LogP contribution in [0, 0.1) is 11.8 Å². The predicted octanol–water partition coefficient (Wildman–Crippen LogP) is -2.31. The number of nitrogens with one attached hydrogen (secondary N) is 3. The van der Waals surface area contributed by atoms with Gasteiger partial charge in [0.1, 0.15) is 18.1 Å². The highest BCUT2D eigenvalue weighted by Crippen LogP contribution is 2.06. The fraction of sp³-hybridized carbons (Fsp3) is 0.700. The van der Waals surface area contributed by atoms with Crippen LogP contribution >= 0.6 is 0 Å².